The highest BCUT2D eigenvalue weighted by Gasteiger charge is 2.07. The first-order chi connectivity index (χ1) is 6.65. The first-order valence-electron chi connectivity index (χ1n) is 4.23. The van der Waals surface area contributed by atoms with Crippen LogP contribution in [-0.2, 0) is 0 Å². The van der Waals surface area contributed by atoms with Gasteiger partial charge in [-0.05, 0) is 37.6 Å². The average Bonchev–Trinajstić information content (AvgIpc) is 2.50. The van der Waals surface area contributed by atoms with E-state index in [9.17, 15) is 0 Å². The first-order valence-corrected chi connectivity index (χ1v) is 4.60. The van der Waals surface area contributed by atoms with E-state index < -0.39 is 0 Å². The number of aromatic nitrogens is 2. The van der Waals surface area contributed by atoms with Gasteiger partial charge in [0.05, 0.1) is 0 Å². The van der Waals surface area contributed by atoms with Gasteiger partial charge in [0.2, 0.25) is 5.89 Å². The van der Waals surface area contributed by atoms with Gasteiger partial charge in [-0.1, -0.05) is 22.3 Å². The van der Waals surface area contributed by atoms with E-state index in [1.807, 2.05) is 26.0 Å². The van der Waals surface area contributed by atoms with Crippen LogP contribution >= 0.6 is 11.6 Å². The molecule has 4 heteroatoms. The number of aryl methyl sites for hydroxylation is 2. The molecule has 1 heterocycles. The molecule has 0 fully saturated rings. The predicted molar refractivity (Wildman–Crippen MR) is 54.2 cm³/mol. The molecule has 0 unspecified atom stereocenters. The maximum absolute atomic E-state index is 5.55. The van der Waals surface area contributed by atoms with Crippen LogP contribution in [0, 0.1) is 13.8 Å². The van der Waals surface area contributed by atoms with Crippen molar-refractivity contribution >= 4 is 11.6 Å². The molecule has 0 N–H and O–H groups in total. The minimum absolute atomic E-state index is 0.0687. The molecule has 0 aliphatic carbocycles. The second-order valence-electron chi connectivity index (χ2n) is 3.24. The average molecular weight is 209 g/mol. The zero-order valence-electron chi connectivity index (χ0n) is 7.91. The molecule has 0 aliphatic heterocycles. The Morgan fingerprint density at radius 1 is 1.07 bits per heavy atom. The summed E-state index contributed by atoms with van der Waals surface area (Å²) < 4.78 is 5.12. The van der Waals surface area contributed by atoms with Crippen molar-refractivity contribution in [3.63, 3.8) is 0 Å². The summed E-state index contributed by atoms with van der Waals surface area (Å²) in [6.45, 7) is 4.04. The summed E-state index contributed by atoms with van der Waals surface area (Å²) in [6.07, 6.45) is 0. The van der Waals surface area contributed by atoms with Gasteiger partial charge < -0.3 is 4.42 Å². The van der Waals surface area contributed by atoms with Crippen molar-refractivity contribution in [1.29, 1.82) is 0 Å². The first kappa shape index (κ1) is 9.21. The van der Waals surface area contributed by atoms with E-state index in [4.69, 9.17) is 16.0 Å². The van der Waals surface area contributed by atoms with Gasteiger partial charge in [-0.15, -0.1) is 5.10 Å². The summed E-state index contributed by atoms with van der Waals surface area (Å²) >= 11 is 5.55. The normalized spacial score (nSPS) is 10.5. The largest absolute Gasteiger partial charge is 0.407 e. The Morgan fingerprint density at radius 2 is 1.71 bits per heavy atom. The molecule has 72 valence electrons. The predicted octanol–water partition coefficient (Wildman–Crippen LogP) is 3.01. The highest BCUT2D eigenvalue weighted by molar-refractivity contribution is 6.27. The number of hydrogen-bond acceptors (Lipinski definition) is 3. The molecule has 0 radical (unpaired) electrons. The Morgan fingerprint density at radius 3 is 2.21 bits per heavy atom. The van der Waals surface area contributed by atoms with Crippen LogP contribution in [0.15, 0.2) is 22.6 Å². The van der Waals surface area contributed by atoms with Crippen LogP contribution in [-0.4, -0.2) is 10.2 Å². The summed E-state index contributed by atoms with van der Waals surface area (Å²) in [5.74, 6) is 0.460. The Hall–Kier alpha value is -1.35. The summed E-state index contributed by atoms with van der Waals surface area (Å²) in [6, 6.07) is 6.05. The molecule has 0 aliphatic rings. The van der Waals surface area contributed by atoms with Gasteiger partial charge in [0.25, 0.3) is 0 Å². The molecule has 0 spiro atoms. The van der Waals surface area contributed by atoms with Crippen LogP contribution in [0.25, 0.3) is 11.5 Å². The summed E-state index contributed by atoms with van der Waals surface area (Å²) in [4.78, 5) is 0. The van der Waals surface area contributed by atoms with Gasteiger partial charge in [-0.2, -0.15) is 0 Å². The van der Waals surface area contributed by atoms with Crippen LogP contribution in [0.4, 0.5) is 0 Å². The molecule has 2 rings (SSSR count). The molecule has 0 saturated heterocycles. The Bertz CT molecular complexity index is 445. The quantitative estimate of drug-likeness (QED) is 0.723. The van der Waals surface area contributed by atoms with Crippen molar-refractivity contribution < 1.29 is 4.42 Å². The fourth-order valence-electron chi connectivity index (χ4n) is 1.42. The number of halogens is 1. The van der Waals surface area contributed by atoms with Gasteiger partial charge in [0.15, 0.2) is 0 Å². The van der Waals surface area contributed by atoms with Crippen LogP contribution in [0.1, 0.15) is 11.1 Å². The molecule has 0 atom stereocenters. The standard InChI is InChI=1S/C10H9ClN2O/c1-6-3-7(2)5-8(4-6)9-12-13-10(11)14-9/h3-5H,1-2H3. The van der Waals surface area contributed by atoms with E-state index in [0.29, 0.717) is 5.89 Å². The second-order valence-corrected chi connectivity index (χ2v) is 3.56. The molecule has 1 aromatic carbocycles. The van der Waals surface area contributed by atoms with Crippen molar-refractivity contribution in [3.05, 3.63) is 34.7 Å². The number of nitrogens with zero attached hydrogens (tertiary/aromatic N) is 2. The molecule has 0 saturated carbocycles. The van der Waals surface area contributed by atoms with Gasteiger partial charge in [-0.3, -0.25) is 0 Å². The van der Waals surface area contributed by atoms with E-state index in [1.54, 1.807) is 0 Å². The fraction of sp³-hybridized carbons (Fsp3) is 0.200. The Labute approximate surface area is 86.7 Å². The molecule has 0 bridgehead atoms. The van der Waals surface area contributed by atoms with Crippen LogP contribution < -0.4 is 0 Å². The van der Waals surface area contributed by atoms with E-state index in [2.05, 4.69) is 16.3 Å². The lowest BCUT2D eigenvalue weighted by Gasteiger charge is -1.99. The number of rotatable bonds is 1. The number of benzene rings is 1. The molecule has 2 aromatic rings. The van der Waals surface area contributed by atoms with E-state index in [-0.39, 0.29) is 5.35 Å². The Kier molecular flexibility index (Phi) is 2.25. The summed E-state index contributed by atoms with van der Waals surface area (Å²) in [7, 11) is 0. The monoisotopic (exact) mass is 208 g/mol. The molecular weight excluding hydrogens is 200 g/mol. The molecular formula is C10H9ClN2O. The molecule has 14 heavy (non-hydrogen) atoms. The second kappa shape index (κ2) is 3.42. The SMILES string of the molecule is Cc1cc(C)cc(-c2nnc(Cl)o2)c1. The minimum atomic E-state index is 0.0687. The van der Waals surface area contributed by atoms with Crippen LogP contribution in [0.3, 0.4) is 0 Å². The van der Waals surface area contributed by atoms with Gasteiger partial charge in [0, 0.05) is 5.56 Å². The lowest BCUT2D eigenvalue weighted by atomic mass is 10.1. The van der Waals surface area contributed by atoms with E-state index >= 15 is 0 Å². The van der Waals surface area contributed by atoms with Crippen molar-refractivity contribution in [1.82, 2.24) is 10.2 Å². The van der Waals surface area contributed by atoms with Gasteiger partial charge >= 0.3 is 5.35 Å². The van der Waals surface area contributed by atoms with Crippen molar-refractivity contribution in [2.45, 2.75) is 13.8 Å². The lowest BCUT2D eigenvalue weighted by molar-refractivity contribution is 0.571. The highest BCUT2D eigenvalue weighted by atomic mass is 35.5. The maximum Gasteiger partial charge on any atom is 0.313 e. The maximum atomic E-state index is 5.55. The van der Waals surface area contributed by atoms with E-state index in [0.717, 1.165) is 16.7 Å². The third kappa shape index (κ3) is 1.77. The van der Waals surface area contributed by atoms with Crippen molar-refractivity contribution in [3.8, 4) is 11.5 Å². The van der Waals surface area contributed by atoms with Gasteiger partial charge in [-0.25, -0.2) is 0 Å². The summed E-state index contributed by atoms with van der Waals surface area (Å²) in [5, 5.41) is 7.49. The topological polar surface area (TPSA) is 38.9 Å². The lowest BCUT2D eigenvalue weighted by Crippen LogP contribution is -1.82. The highest BCUT2D eigenvalue weighted by Crippen LogP contribution is 2.22. The summed E-state index contributed by atoms with van der Waals surface area (Å²) in [5.41, 5.74) is 3.23. The minimum Gasteiger partial charge on any atom is -0.407 e. The smallest absolute Gasteiger partial charge is 0.313 e. The van der Waals surface area contributed by atoms with Crippen molar-refractivity contribution in [2.75, 3.05) is 0 Å². The Balaban J connectivity index is 2.51. The fourth-order valence-corrected chi connectivity index (χ4v) is 1.53. The van der Waals surface area contributed by atoms with Gasteiger partial charge in [0.1, 0.15) is 0 Å². The van der Waals surface area contributed by atoms with Crippen LogP contribution in [0.2, 0.25) is 5.35 Å². The zero-order chi connectivity index (χ0) is 10.1. The third-order valence-corrected chi connectivity index (χ3v) is 2.02. The third-order valence-electron chi connectivity index (χ3n) is 1.87. The molecule has 0 amide bonds. The van der Waals surface area contributed by atoms with E-state index in [1.165, 1.54) is 0 Å². The van der Waals surface area contributed by atoms with Crippen molar-refractivity contribution in [2.24, 2.45) is 0 Å². The van der Waals surface area contributed by atoms with Crippen LogP contribution in [0.5, 0.6) is 0 Å². The molecule has 3 nitrogen and oxygen atoms in total. The molecule has 1 aromatic heterocycles. The zero-order valence-corrected chi connectivity index (χ0v) is 8.67. The number of hydrogen-bond donors (Lipinski definition) is 0.